The molecule has 7 heteroatoms. The van der Waals surface area contributed by atoms with Gasteiger partial charge < -0.3 is 14.4 Å². The summed E-state index contributed by atoms with van der Waals surface area (Å²) < 4.78 is 28.0. The second-order valence-corrected chi connectivity index (χ2v) is 6.63. The van der Waals surface area contributed by atoms with Crippen molar-refractivity contribution in [2.75, 3.05) is 13.8 Å². The molecule has 1 heterocycles. The minimum atomic E-state index is -3.49. The molecular formula is C9H18BO5P. The van der Waals surface area contributed by atoms with Crippen LogP contribution in [0.4, 0.5) is 0 Å². The molecular weight excluding hydrogens is 230 g/mol. The Morgan fingerprint density at radius 3 is 2.88 bits per heavy atom. The fourth-order valence-corrected chi connectivity index (χ4v) is 3.89. The van der Waals surface area contributed by atoms with Gasteiger partial charge in [-0.1, -0.05) is 0 Å². The van der Waals surface area contributed by atoms with Crippen molar-refractivity contribution in [2.24, 2.45) is 0 Å². The summed E-state index contributed by atoms with van der Waals surface area (Å²) in [6.07, 6.45) is 1.95. The highest BCUT2D eigenvalue weighted by molar-refractivity contribution is 7.51. The summed E-state index contributed by atoms with van der Waals surface area (Å²) in [5, 5.41) is 0. The SMILES string of the molecule is BC1C[C@@]2(OP(C)(=O)O)CC[C@@H](OC)C2O1. The Hall–Kier alpha value is 0.135. The van der Waals surface area contributed by atoms with Gasteiger partial charge in [-0.2, -0.15) is 0 Å². The Kier molecular flexibility index (Phi) is 3.23. The molecule has 1 N–H and O–H groups in total. The first-order valence-electron chi connectivity index (χ1n) is 5.55. The van der Waals surface area contributed by atoms with Crippen molar-refractivity contribution in [3.05, 3.63) is 0 Å². The average Bonchev–Trinajstić information content (AvgIpc) is 2.55. The molecule has 2 rings (SSSR count). The van der Waals surface area contributed by atoms with E-state index in [9.17, 15) is 9.46 Å². The maximum atomic E-state index is 11.4. The molecule has 92 valence electrons. The fraction of sp³-hybridized carbons (Fsp3) is 1.00. The van der Waals surface area contributed by atoms with Gasteiger partial charge in [-0.05, 0) is 19.3 Å². The van der Waals surface area contributed by atoms with Gasteiger partial charge in [0.15, 0.2) is 0 Å². The molecule has 0 radical (unpaired) electrons. The van der Waals surface area contributed by atoms with Crippen molar-refractivity contribution in [1.82, 2.24) is 0 Å². The van der Waals surface area contributed by atoms with Crippen LogP contribution >= 0.6 is 7.60 Å². The lowest BCUT2D eigenvalue weighted by Crippen LogP contribution is -2.40. The molecule has 1 saturated heterocycles. The summed E-state index contributed by atoms with van der Waals surface area (Å²) in [6, 6.07) is 0.0505. The summed E-state index contributed by atoms with van der Waals surface area (Å²) in [5.41, 5.74) is -0.626. The minimum absolute atomic E-state index is 0.0310. The average molecular weight is 248 g/mol. The zero-order valence-electron chi connectivity index (χ0n) is 9.88. The van der Waals surface area contributed by atoms with E-state index in [1.54, 1.807) is 7.11 Å². The molecule has 5 nitrogen and oxygen atoms in total. The third kappa shape index (κ3) is 2.22. The van der Waals surface area contributed by atoms with Crippen molar-refractivity contribution in [3.63, 3.8) is 0 Å². The molecule has 1 saturated carbocycles. The van der Waals surface area contributed by atoms with Gasteiger partial charge in [-0.15, -0.1) is 0 Å². The summed E-state index contributed by atoms with van der Waals surface area (Å²) in [6.45, 7) is 1.22. The highest BCUT2D eigenvalue weighted by Gasteiger charge is 2.58. The zero-order chi connectivity index (χ0) is 12.0. The van der Waals surface area contributed by atoms with E-state index in [0.717, 1.165) is 12.8 Å². The molecule has 0 bridgehead atoms. The molecule has 5 atom stereocenters. The van der Waals surface area contributed by atoms with E-state index in [2.05, 4.69) is 0 Å². The predicted molar refractivity (Wildman–Crippen MR) is 61.4 cm³/mol. The summed E-state index contributed by atoms with van der Waals surface area (Å²) >= 11 is 0. The molecule has 16 heavy (non-hydrogen) atoms. The minimum Gasteiger partial charge on any atom is -0.379 e. The van der Waals surface area contributed by atoms with Crippen molar-refractivity contribution in [3.8, 4) is 0 Å². The molecule has 0 spiro atoms. The smallest absolute Gasteiger partial charge is 0.325 e. The molecule has 1 aliphatic heterocycles. The molecule has 0 aromatic carbocycles. The van der Waals surface area contributed by atoms with Crippen molar-refractivity contribution < 1.29 is 23.5 Å². The van der Waals surface area contributed by atoms with Gasteiger partial charge in [0.25, 0.3) is 0 Å². The second kappa shape index (κ2) is 4.11. The zero-order valence-corrected chi connectivity index (χ0v) is 10.8. The first-order valence-corrected chi connectivity index (χ1v) is 7.58. The van der Waals surface area contributed by atoms with Gasteiger partial charge in [-0.3, -0.25) is 9.09 Å². The van der Waals surface area contributed by atoms with E-state index in [1.165, 1.54) is 6.66 Å². The Morgan fingerprint density at radius 1 is 1.62 bits per heavy atom. The van der Waals surface area contributed by atoms with Gasteiger partial charge in [-0.25, -0.2) is 0 Å². The predicted octanol–water partition coefficient (Wildman–Crippen LogP) is 0.114. The van der Waals surface area contributed by atoms with E-state index in [1.807, 2.05) is 7.85 Å². The van der Waals surface area contributed by atoms with Crippen LogP contribution in [0.5, 0.6) is 0 Å². The Balaban J connectivity index is 2.21. The van der Waals surface area contributed by atoms with Crippen LogP contribution in [-0.4, -0.2) is 50.3 Å². The maximum absolute atomic E-state index is 11.4. The van der Waals surface area contributed by atoms with Gasteiger partial charge in [0.2, 0.25) is 0 Å². The summed E-state index contributed by atoms with van der Waals surface area (Å²) in [5.74, 6) is 0. The summed E-state index contributed by atoms with van der Waals surface area (Å²) in [4.78, 5) is 9.40. The van der Waals surface area contributed by atoms with Gasteiger partial charge in [0.05, 0.1) is 6.10 Å². The Morgan fingerprint density at radius 2 is 2.31 bits per heavy atom. The number of ether oxygens (including phenoxy) is 2. The van der Waals surface area contributed by atoms with Crippen LogP contribution in [-0.2, 0) is 18.6 Å². The normalized spacial score (nSPS) is 46.6. The molecule has 1 aliphatic carbocycles. The van der Waals surface area contributed by atoms with E-state index in [-0.39, 0.29) is 18.2 Å². The van der Waals surface area contributed by atoms with Crippen LogP contribution in [0.1, 0.15) is 19.3 Å². The van der Waals surface area contributed by atoms with E-state index in [0.29, 0.717) is 6.42 Å². The van der Waals surface area contributed by atoms with Crippen LogP contribution in [0.15, 0.2) is 0 Å². The number of fused-ring (bicyclic) bond motifs is 1. The van der Waals surface area contributed by atoms with Gasteiger partial charge in [0, 0.05) is 19.8 Å². The quantitative estimate of drug-likeness (QED) is 0.567. The second-order valence-electron chi connectivity index (χ2n) is 4.84. The molecule has 0 aromatic rings. The van der Waals surface area contributed by atoms with Crippen LogP contribution < -0.4 is 0 Å². The first-order chi connectivity index (χ1) is 7.36. The lowest BCUT2D eigenvalue weighted by molar-refractivity contribution is -0.0664. The van der Waals surface area contributed by atoms with E-state index >= 15 is 0 Å². The Labute approximate surface area is 96.4 Å². The van der Waals surface area contributed by atoms with Crippen molar-refractivity contribution in [1.29, 1.82) is 0 Å². The van der Waals surface area contributed by atoms with E-state index < -0.39 is 13.2 Å². The molecule has 2 aliphatic rings. The maximum Gasteiger partial charge on any atom is 0.325 e. The molecule has 0 amide bonds. The molecule has 2 fully saturated rings. The van der Waals surface area contributed by atoms with Crippen LogP contribution in [0.2, 0.25) is 0 Å². The number of methoxy groups -OCH3 is 1. The third-order valence-corrected chi connectivity index (χ3v) is 4.08. The van der Waals surface area contributed by atoms with Crippen molar-refractivity contribution >= 4 is 15.4 Å². The summed E-state index contributed by atoms with van der Waals surface area (Å²) in [7, 11) is 0.0957. The first kappa shape index (κ1) is 12.6. The Bertz CT molecular complexity index is 319. The van der Waals surface area contributed by atoms with Crippen LogP contribution in [0, 0.1) is 0 Å². The van der Waals surface area contributed by atoms with Crippen LogP contribution in [0.3, 0.4) is 0 Å². The number of hydrogen-bond acceptors (Lipinski definition) is 4. The van der Waals surface area contributed by atoms with Crippen LogP contribution in [0.25, 0.3) is 0 Å². The topological polar surface area (TPSA) is 65.0 Å². The van der Waals surface area contributed by atoms with Gasteiger partial charge in [0.1, 0.15) is 19.6 Å². The highest BCUT2D eigenvalue weighted by atomic mass is 31.2. The molecule has 3 unspecified atom stereocenters. The highest BCUT2D eigenvalue weighted by Crippen LogP contribution is 2.54. The lowest BCUT2D eigenvalue weighted by Gasteiger charge is -2.30. The monoisotopic (exact) mass is 248 g/mol. The third-order valence-electron chi connectivity index (χ3n) is 3.37. The molecule has 0 aromatic heterocycles. The van der Waals surface area contributed by atoms with E-state index in [4.69, 9.17) is 14.0 Å². The number of rotatable bonds is 3. The largest absolute Gasteiger partial charge is 0.379 e. The lowest BCUT2D eigenvalue weighted by atomic mass is 9.88. The number of hydrogen-bond donors (Lipinski definition) is 1. The van der Waals surface area contributed by atoms with Gasteiger partial charge >= 0.3 is 7.60 Å². The fourth-order valence-electron chi connectivity index (χ4n) is 2.95. The standard InChI is InChI=1S/C9H18BO5P/c1-13-6-3-4-9(15-16(2,11)12)5-7(10)14-8(6)9/h6-8H,3-5,10H2,1-2H3,(H,11,12)/t6-,7?,8?,9+/m1/s1. The van der Waals surface area contributed by atoms with Crippen molar-refractivity contribution in [2.45, 2.75) is 43.1 Å².